The minimum Gasteiger partial charge on any atom is -0.335 e. The van der Waals surface area contributed by atoms with Crippen molar-refractivity contribution < 1.29 is 4.79 Å². The zero-order chi connectivity index (χ0) is 12.5. The molecule has 2 aliphatic rings. The molecular weight excluding hydrogens is 248 g/mol. The molecule has 0 spiro atoms. The molecule has 0 heterocycles. The summed E-state index contributed by atoms with van der Waals surface area (Å²) in [5.74, 6) is 1.54. The van der Waals surface area contributed by atoms with E-state index in [0.717, 1.165) is 18.0 Å². The van der Waals surface area contributed by atoms with Gasteiger partial charge in [0.1, 0.15) is 0 Å². The van der Waals surface area contributed by atoms with E-state index in [1.807, 2.05) is 12.1 Å². The molecule has 2 amide bonds. The van der Waals surface area contributed by atoms with E-state index in [9.17, 15) is 4.79 Å². The van der Waals surface area contributed by atoms with Gasteiger partial charge in [-0.25, -0.2) is 4.79 Å². The van der Waals surface area contributed by atoms with Crippen LogP contribution in [0, 0.1) is 11.8 Å². The van der Waals surface area contributed by atoms with Gasteiger partial charge in [0.2, 0.25) is 0 Å². The number of anilines is 1. The number of hydrogen-bond acceptors (Lipinski definition) is 1. The third-order valence-corrected chi connectivity index (χ3v) is 4.41. The molecule has 0 aromatic heterocycles. The Kier molecular flexibility index (Phi) is 3.16. The van der Waals surface area contributed by atoms with E-state index in [2.05, 4.69) is 10.6 Å². The van der Waals surface area contributed by atoms with Crippen LogP contribution in [0.25, 0.3) is 0 Å². The summed E-state index contributed by atoms with van der Waals surface area (Å²) in [5.41, 5.74) is 0.778. The molecule has 96 valence electrons. The van der Waals surface area contributed by atoms with Gasteiger partial charge >= 0.3 is 6.03 Å². The van der Waals surface area contributed by atoms with Crippen LogP contribution in [0.3, 0.4) is 0 Å². The van der Waals surface area contributed by atoms with Crippen LogP contribution in [-0.4, -0.2) is 12.1 Å². The molecule has 3 atom stereocenters. The second kappa shape index (κ2) is 4.81. The lowest BCUT2D eigenvalue weighted by Gasteiger charge is -2.23. The molecule has 18 heavy (non-hydrogen) atoms. The summed E-state index contributed by atoms with van der Waals surface area (Å²) in [5, 5.41) is 6.61. The molecule has 1 aromatic rings. The van der Waals surface area contributed by atoms with Gasteiger partial charge in [0.15, 0.2) is 0 Å². The Balaban J connectivity index is 1.54. The van der Waals surface area contributed by atoms with E-state index in [-0.39, 0.29) is 6.03 Å². The van der Waals surface area contributed by atoms with Crippen molar-refractivity contribution in [1.82, 2.24) is 5.32 Å². The maximum Gasteiger partial charge on any atom is 0.319 e. The lowest BCUT2D eigenvalue weighted by atomic mass is 9.95. The molecule has 0 saturated heterocycles. The van der Waals surface area contributed by atoms with E-state index in [1.54, 1.807) is 12.1 Å². The van der Waals surface area contributed by atoms with Gasteiger partial charge in [-0.2, -0.15) is 0 Å². The van der Waals surface area contributed by atoms with Crippen LogP contribution >= 0.6 is 11.6 Å². The maximum absolute atomic E-state index is 11.9. The average molecular weight is 265 g/mol. The van der Waals surface area contributed by atoms with Crippen LogP contribution in [-0.2, 0) is 0 Å². The molecule has 2 aliphatic carbocycles. The summed E-state index contributed by atoms with van der Waals surface area (Å²) in [6, 6.07) is 7.43. The first-order chi connectivity index (χ1) is 8.70. The summed E-state index contributed by atoms with van der Waals surface area (Å²) in [7, 11) is 0. The van der Waals surface area contributed by atoms with Crippen LogP contribution in [0.5, 0.6) is 0 Å². The number of halogens is 1. The van der Waals surface area contributed by atoms with Crippen LogP contribution in [0.2, 0.25) is 5.02 Å². The SMILES string of the molecule is O=C(Nc1ccc(Cl)cc1)N[C@@H]1C[C@H]2CC[C@@H]1C2. The monoisotopic (exact) mass is 264 g/mol. The first-order valence-electron chi connectivity index (χ1n) is 6.54. The molecule has 1 aromatic carbocycles. The first kappa shape index (κ1) is 11.8. The standard InChI is InChI=1S/C14H17ClN2O/c15-11-3-5-12(6-4-11)16-14(18)17-13-8-9-1-2-10(13)7-9/h3-6,9-10,13H,1-2,7-8H2,(H2,16,17,18)/t9-,10+,13+/m0/s1. The third kappa shape index (κ3) is 2.46. The van der Waals surface area contributed by atoms with Crippen molar-refractivity contribution in [2.24, 2.45) is 11.8 Å². The van der Waals surface area contributed by atoms with Gasteiger partial charge in [0, 0.05) is 16.8 Å². The fourth-order valence-electron chi connectivity index (χ4n) is 3.29. The van der Waals surface area contributed by atoms with Crippen molar-refractivity contribution in [2.45, 2.75) is 31.7 Å². The van der Waals surface area contributed by atoms with Gasteiger partial charge in [-0.1, -0.05) is 18.0 Å². The van der Waals surface area contributed by atoms with Crippen molar-refractivity contribution in [3.8, 4) is 0 Å². The van der Waals surface area contributed by atoms with Crippen molar-refractivity contribution in [3.63, 3.8) is 0 Å². The summed E-state index contributed by atoms with van der Waals surface area (Å²) in [4.78, 5) is 11.9. The highest BCUT2D eigenvalue weighted by molar-refractivity contribution is 6.30. The molecule has 2 N–H and O–H groups in total. The second-order valence-corrected chi connectivity index (χ2v) is 5.82. The Hall–Kier alpha value is -1.22. The van der Waals surface area contributed by atoms with Gasteiger partial charge in [-0.3, -0.25) is 0 Å². The predicted octanol–water partition coefficient (Wildman–Crippen LogP) is 3.65. The van der Waals surface area contributed by atoms with Crippen molar-refractivity contribution >= 4 is 23.3 Å². The van der Waals surface area contributed by atoms with Crippen LogP contribution in [0.1, 0.15) is 25.7 Å². The summed E-state index contributed by atoms with van der Waals surface area (Å²) in [6.07, 6.45) is 5.07. The summed E-state index contributed by atoms with van der Waals surface area (Å²) >= 11 is 5.80. The van der Waals surface area contributed by atoms with Crippen molar-refractivity contribution in [2.75, 3.05) is 5.32 Å². The van der Waals surface area contributed by atoms with E-state index in [1.165, 1.54) is 19.3 Å². The summed E-state index contributed by atoms with van der Waals surface area (Å²) in [6.45, 7) is 0. The smallest absolute Gasteiger partial charge is 0.319 e. The van der Waals surface area contributed by atoms with Gasteiger partial charge in [-0.15, -0.1) is 0 Å². The zero-order valence-electron chi connectivity index (χ0n) is 10.2. The molecule has 3 nitrogen and oxygen atoms in total. The Morgan fingerprint density at radius 3 is 2.56 bits per heavy atom. The fourth-order valence-corrected chi connectivity index (χ4v) is 3.42. The molecule has 0 unspecified atom stereocenters. The van der Waals surface area contributed by atoms with E-state index >= 15 is 0 Å². The highest BCUT2D eigenvalue weighted by Crippen LogP contribution is 2.44. The number of fused-ring (bicyclic) bond motifs is 2. The molecule has 3 rings (SSSR count). The maximum atomic E-state index is 11.9. The van der Waals surface area contributed by atoms with Crippen LogP contribution in [0.4, 0.5) is 10.5 Å². The van der Waals surface area contributed by atoms with Gasteiger partial charge < -0.3 is 10.6 Å². The third-order valence-electron chi connectivity index (χ3n) is 4.16. The van der Waals surface area contributed by atoms with E-state index in [0.29, 0.717) is 17.0 Å². The van der Waals surface area contributed by atoms with Crippen LogP contribution in [0.15, 0.2) is 24.3 Å². The highest BCUT2D eigenvalue weighted by atomic mass is 35.5. The number of hydrogen-bond donors (Lipinski definition) is 2. The predicted molar refractivity (Wildman–Crippen MR) is 72.8 cm³/mol. The Morgan fingerprint density at radius 1 is 1.17 bits per heavy atom. The van der Waals surface area contributed by atoms with Gasteiger partial charge in [0.25, 0.3) is 0 Å². The zero-order valence-corrected chi connectivity index (χ0v) is 10.9. The van der Waals surface area contributed by atoms with Gasteiger partial charge in [-0.05, 0) is 55.4 Å². The molecular formula is C14H17ClN2O. The molecule has 2 fully saturated rings. The largest absolute Gasteiger partial charge is 0.335 e. The Labute approximate surface area is 112 Å². The number of benzene rings is 1. The number of nitrogens with one attached hydrogen (secondary N) is 2. The molecule has 2 bridgehead atoms. The van der Waals surface area contributed by atoms with Crippen molar-refractivity contribution in [1.29, 1.82) is 0 Å². The van der Waals surface area contributed by atoms with Gasteiger partial charge in [0.05, 0.1) is 0 Å². The highest BCUT2D eigenvalue weighted by Gasteiger charge is 2.40. The lowest BCUT2D eigenvalue weighted by molar-refractivity contribution is 0.242. The second-order valence-electron chi connectivity index (χ2n) is 5.39. The topological polar surface area (TPSA) is 41.1 Å². The summed E-state index contributed by atoms with van der Waals surface area (Å²) < 4.78 is 0. The molecule has 2 saturated carbocycles. The average Bonchev–Trinajstić information content (AvgIpc) is 2.94. The van der Waals surface area contributed by atoms with E-state index < -0.39 is 0 Å². The first-order valence-corrected chi connectivity index (χ1v) is 6.91. The minimum absolute atomic E-state index is 0.102. The quantitative estimate of drug-likeness (QED) is 0.841. The number of carbonyl (C=O) groups excluding carboxylic acids is 1. The minimum atomic E-state index is -0.102. The van der Waals surface area contributed by atoms with Crippen molar-refractivity contribution in [3.05, 3.63) is 29.3 Å². The lowest BCUT2D eigenvalue weighted by Crippen LogP contribution is -2.40. The number of carbonyl (C=O) groups is 1. The Bertz CT molecular complexity index is 446. The molecule has 0 aliphatic heterocycles. The van der Waals surface area contributed by atoms with E-state index in [4.69, 9.17) is 11.6 Å². The Morgan fingerprint density at radius 2 is 1.94 bits per heavy atom. The van der Waals surface area contributed by atoms with Crippen LogP contribution < -0.4 is 10.6 Å². The number of rotatable bonds is 2. The molecule has 4 heteroatoms. The number of urea groups is 1. The number of amides is 2. The normalized spacial score (nSPS) is 29.3. The fraction of sp³-hybridized carbons (Fsp3) is 0.500. The molecule has 0 radical (unpaired) electrons.